The van der Waals surface area contributed by atoms with E-state index in [0.717, 1.165) is 6.42 Å². The lowest BCUT2D eigenvalue weighted by atomic mass is 10.0. The minimum atomic E-state index is -0.731. The smallest absolute Gasteiger partial charge is 0.263 e. The molecule has 1 aliphatic heterocycles. The summed E-state index contributed by atoms with van der Waals surface area (Å²) in [7, 11) is 1.50. The van der Waals surface area contributed by atoms with Crippen LogP contribution in [-0.2, 0) is 0 Å². The van der Waals surface area contributed by atoms with E-state index in [1.807, 2.05) is 11.0 Å². The zero-order valence-electron chi connectivity index (χ0n) is 19.5. The van der Waals surface area contributed by atoms with Gasteiger partial charge in [-0.1, -0.05) is 29.3 Å². The number of primary amides is 1. The predicted octanol–water partition coefficient (Wildman–Crippen LogP) is 4.92. The molecule has 2 aromatic carbocycles. The van der Waals surface area contributed by atoms with E-state index in [9.17, 15) is 19.1 Å². The number of nitrogens with zero attached hydrogens (tertiary/aromatic N) is 3. The minimum Gasteiger partial charge on any atom is -0.393 e. The maximum atomic E-state index is 14.5. The van der Waals surface area contributed by atoms with Crippen LogP contribution in [0.4, 0.5) is 15.9 Å². The lowest BCUT2D eigenvalue weighted by Crippen LogP contribution is -2.32. The maximum absolute atomic E-state index is 14.5. The summed E-state index contributed by atoms with van der Waals surface area (Å²) in [5, 5.41) is 10.6. The monoisotopic (exact) mass is 530 g/mol. The molecule has 4 rings (SSSR count). The van der Waals surface area contributed by atoms with Gasteiger partial charge in [-0.2, -0.15) is 0 Å². The predicted molar refractivity (Wildman–Crippen MR) is 139 cm³/mol. The molecular weight excluding hydrogens is 506 g/mol. The number of carbonyl (C=O) groups excluding carboxylic acids is 2. The average Bonchev–Trinajstić information content (AvgIpc) is 3.07. The first-order chi connectivity index (χ1) is 17.2. The second-order valence-electron chi connectivity index (χ2n) is 8.66. The molecule has 1 saturated heterocycles. The highest BCUT2D eigenvalue weighted by molar-refractivity contribution is 6.34. The topological polar surface area (TPSA) is 99.8 Å². The van der Waals surface area contributed by atoms with E-state index in [-0.39, 0.29) is 10.6 Å². The molecule has 1 atom stereocenters. The van der Waals surface area contributed by atoms with Crippen LogP contribution in [0, 0.1) is 5.82 Å². The number of amides is 2. The minimum absolute atomic E-state index is 0.00189. The Kier molecular flexibility index (Phi) is 7.78. The number of rotatable bonds is 5. The summed E-state index contributed by atoms with van der Waals surface area (Å²) in [6.45, 7) is 1.14. The second kappa shape index (κ2) is 10.8. The summed E-state index contributed by atoms with van der Waals surface area (Å²) < 4.78 is 14.5. The van der Waals surface area contributed by atoms with Crippen molar-refractivity contribution < 1.29 is 19.1 Å². The number of aliphatic hydroxyl groups is 1. The molecule has 10 heteroatoms. The largest absolute Gasteiger partial charge is 0.393 e. The number of halogens is 3. The van der Waals surface area contributed by atoms with Gasteiger partial charge in [0.15, 0.2) is 5.82 Å². The highest BCUT2D eigenvalue weighted by Crippen LogP contribution is 2.37. The second-order valence-corrected chi connectivity index (χ2v) is 9.47. The molecule has 0 saturated carbocycles. The number of aromatic nitrogens is 1. The first kappa shape index (κ1) is 25.9. The first-order valence-electron chi connectivity index (χ1n) is 11.4. The van der Waals surface area contributed by atoms with Crippen LogP contribution in [0.2, 0.25) is 10.0 Å². The van der Waals surface area contributed by atoms with E-state index in [1.54, 1.807) is 12.1 Å². The third kappa shape index (κ3) is 5.31. The summed E-state index contributed by atoms with van der Waals surface area (Å²) in [4.78, 5) is 32.9. The van der Waals surface area contributed by atoms with E-state index < -0.39 is 23.7 Å². The normalized spacial score (nSPS) is 15.9. The highest BCUT2D eigenvalue weighted by atomic mass is 35.5. The van der Waals surface area contributed by atoms with Crippen molar-refractivity contribution in [1.29, 1.82) is 0 Å². The average molecular weight is 531 g/mol. The van der Waals surface area contributed by atoms with Crippen molar-refractivity contribution in [2.45, 2.75) is 25.4 Å². The van der Waals surface area contributed by atoms with Crippen LogP contribution >= 0.6 is 23.2 Å². The van der Waals surface area contributed by atoms with E-state index >= 15 is 0 Å². The van der Waals surface area contributed by atoms with Gasteiger partial charge in [0.1, 0.15) is 5.82 Å². The molecule has 2 amide bonds. The molecule has 36 heavy (non-hydrogen) atoms. The quantitative estimate of drug-likeness (QED) is 0.487. The number of anilines is 2. The van der Waals surface area contributed by atoms with Crippen molar-refractivity contribution in [1.82, 2.24) is 4.98 Å². The Hall–Kier alpha value is -3.20. The van der Waals surface area contributed by atoms with Crippen molar-refractivity contribution in [3.8, 4) is 11.1 Å². The number of pyridine rings is 1. The lowest BCUT2D eigenvalue weighted by Gasteiger charge is -2.29. The number of nitrogens with two attached hydrogens (primary N) is 1. The van der Waals surface area contributed by atoms with E-state index in [0.29, 0.717) is 59.1 Å². The van der Waals surface area contributed by atoms with Gasteiger partial charge in [-0.05, 0) is 55.7 Å². The van der Waals surface area contributed by atoms with Crippen LogP contribution in [-0.4, -0.2) is 48.1 Å². The van der Waals surface area contributed by atoms with Crippen molar-refractivity contribution in [2.75, 3.05) is 29.9 Å². The van der Waals surface area contributed by atoms with Gasteiger partial charge in [0.25, 0.3) is 5.91 Å². The van der Waals surface area contributed by atoms with Crippen molar-refractivity contribution in [2.24, 2.45) is 5.73 Å². The van der Waals surface area contributed by atoms with Crippen LogP contribution in [0.3, 0.4) is 0 Å². The van der Waals surface area contributed by atoms with Gasteiger partial charge in [-0.3, -0.25) is 14.5 Å². The third-order valence-corrected chi connectivity index (χ3v) is 6.89. The molecule has 1 fully saturated rings. The Morgan fingerprint density at radius 1 is 1.14 bits per heavy atom. The maximum Gasteiger partial charge on any atom is 0.263 e. The van der Waals surface area contributed by atoms with Gasteiger partial charge in [-0.25, -0.2) is 9.37 Å². The number of carbonyl (C=O) groups is 2. The fourth-order valence-electron chi connectivity index (χ4n) is 4.27. The molecule has 0 radical (unpaired) electrons. The van der Waals surface area contributed by atoms with Gasteiger partial charge >= 0.3 is 0 Å². The first-order valence-corrected chi connectivity index (χ1v) is 12.2. The van der Waals surface area contributed by atoms with Gasteiger partial charge in [-0.15, -0.1) is 0 Å². The van der Waals surface area contributed by atoms with Crippen LogP contribution in [0.25, 0.3) is 11.1 Å². The molecule has 1 unspecified atom stereocenters. The summed E-state index contributed by atoms with van der Waals surface area (Å²) >= 11 is 12.6. The summed E-state index contributed by atoms with van der Waals surface area (Å²) in [6.07, 6.45) is 3.04. The van der Waals surface area contributed by atoms with Crippen LogP contribution < -0.4 is 15.5 Å². The Labute approximate surface area is 218 Å². The van der Waals surface area contributed by atoms with Crippen molar-refractivity contribution in [3.05, 3.63) is 75.7 Å². The van der Waals surface area contributed by atoms with Gasteiger partial charge < -0.3 is 15.7 Å². The summed E-state index contributed by atoms with van der Waals surface area (Å²) in [6, 6.07) is 10.6. The molecule has 3 aromatic rings. The fourth-order valence-corrected chi connectivity index (χ4v) is 4.74. The van der Waals surface area contributed by atoms with Crippen molar-refractivity contribution in [3.63, 3.8) is 0 Å². The molecule has 1 aliphatic rings. The van der Waals surface area contributed by atoms with Gasteiger partial charge in [0.05, 0.1) is 22.4 Å². The van der Waals surface area contributed by atoms with Gasteiger partial charge in [0, 0.05) is 48.0 Å². The zero-order valence-corrected chi connectivity index (χ0v) is 21.1. The molecule has 7 nitrogen and oxygen atoms in total. The lowest BCUT2D eigenvalue weighted by molar-refractivity contribution is 0.0984. The molecule has 1 aromatic heterocycles. The Morgan fingerprint density at radius 3 is 2.64 bits per heavy atom. The van der Waals surface area contributed by atoms with Crippen LogP contribution in [0.15, 0.2) is 48.7 Å². The standard InChI is InChI=1S/C26H25Cl2FN4O3/c1-32(26(36)23-20(28)5-2-6-21(23)29)25-22(33-10-3-4-17(34)9-11-33)13-16(14-31-25)18-12-15(24(30)35)7-8-19(18)27/h2,5-8,12-14,17,34H,3-4,9-11H2,1H3,(H2,30,35). The number of aliphatic hydroxyl groups excluding tert-OH is 1. The Bertz CT molecular complexity index is 1300. The van der Waals surface area contributed by atoms with Crippen LogP contribution in [0.5, 0.6) is 0 Å². The molecule has 188 valence electrons. The molecule has 0 aliphatic carbocycles. The Morgan fingerprint density at radius 2 is 1.92 bits per heavy atom. The number of hydrogen-bond acceptors (Lipinski definition) is 5. The van der Waals surface area contributed by atoms with Crippen LogP contribution in [0.1, 0.15) is 40.0 Å². The SMILES string of the molecule is CN(C(=O)c1c(F)cccc1Cl)c1ncc(-c2cc(C(N)=O)ccc2Cl)cc1N1CCCC(O)CC1. The number of hydrogen-bond donors (Lipinski definition) is 2. The number of benzene rings is 2. The zero-order chi connectivity index (χ0) is 26.0. The fraction of sp³-hybridized carbons (Fsp3) is 0.269. The molecule has 0 spiro atoms. The Balaban J connectivity index is 1.82. The van der Waals surface area contributed by atoms with E-state index in [1.165, 1.54) is 42.4 Å². The van der Waals surface area contributed by atoms with E-state index in [4.69, 9.17) is 28.9 Å². The third-order valence-electron chi connectivity index (χ3n) is 6.25. The molecule has 2 heterocycles. The molecule has 3 N–H and O–H groups in total. The summed E-state index contributed by atoms with van der Waals surface area (Å²) in [5.41, 5.74) is 7.25. The molecule has 0 bridgehead atoms. The van der Waals surface area contributed by atoms with Crippen molar-refractivity contribution >= 4 is 46.5 Å². The van der Waals surface area contributed by atoms with E-state index in [2.05, 4.69) is 4.98 Å². The summed E-state index contributed by atoms with van der Waals surface area (Å²) in [5.74, 6) is -1.68. The highest BCUT2D eigenvalue weighted by Gasteiger charge is 2.27. The molecular formula is C26H25Cl2FN4O3. The van der Waals surface area contributed by atoms with Gasteiger partial charge in [0.2, 0.25) is 5.91 Å².